The molecular weight excluding hydrogens is 286 g/mol. The third kappa shape index (κ3) is 2.36. The molecule has 0 radical (unpaired) electrons. The van der Waals surface area contributed by atoms with Crippen LogP contribution < -0.4 is 5.56 Å². The Hall–Kier alpha value is -2.31. The SMILES string of the molecule is CCC12COC(=O)N1CCN(C(=O)Cn1ccccc1=O)C2. The number of carbonyl (C=O) groups excluding carboxylic acids is 2. The Kier molecular flexibility index (Phi) is 3.64. The normalized spacial score (nSPS) is 24.1. The van der Waals surface area contributed by atoms with Gasteiger partial charge in [0.05, 0.1) is 5.54 Å². The van der Waals surface area contributed by atoms with Gasteiger partial charge < -0.3 is 14.2 Å². The van der Waals surface area contributed by atoms with E-state index in [1.165, 1.54) is 10.6 Å². The molecule has 0 N–H and O–H groups in total. The smallest absolute Gasteiger partial charge is 0.410 e. The molecule has 118 valence electrons. The topological polar surface area (TPSA) is 71.8 Å². The van der Waals surface area contributed by atoms with Gasteiger partial charge in [-0.25, -0.2) is 4.79 Å². The van der Waals surface area contributed by atoms with Crippen molar-refractivity contribution in [3.05, 3.63) is 34.7 Å². The molecule has 2 aliphatic rings. The maximum Gasteiger partial charge on any atom is 0.410 e. The van der Waals surface area contributed by atoms with Crippen LogP contribution >= 0.6 is 0 Å². The maximum atomic E-state index is 12.5. The Labute approximate surface area is 128 Å². The lowest BCUT2D eigenvalue weighted by Crippen LogP contribution is -2.62. The first-order valence-corrected chi connectivity index (χ1v) is 7.43. The summed E-state index contributed by atoms with van der Waals surface area (Å²) >= 11 is 0. The van der Waals surface area contributed by atoms with Gasteiger partial charge in [-0.2, -0.15) is 0 Å². The number of carbonyl (C=O) groups is 2. The number of amides is 2. The van der Waals surface area contributed by atoms with Gasteiger partial charge in [0.25, 0.3) is 5.56 Å². The fraction of sp³-hybridized carbons (Fsp3) is 0.533. The highest BCUT2D eigenvalue weighted by atomic mass is 16.6. The average Bonchev–Trinajstić information content (AvgIpc) is 2.87. The number of ether oxygens (including phenoxy) is 1. The molecule has 22 heavy (non-hydrogen) atoms. The Morgan fingerprint density at radius 2 is 2.14 bits per heavy atom. The molecule has 3 rings (SSSR count). The van der Waals surface area contributed by atoms with Crippen LogP contribution in [0.2, 0.25) is 0 Å². The third-order valence-electron chi connectivity index (χ3n) is 4.55. The summed E-state index contributed by atoms with van der Waals surface area (Å²) in [5.41, 5.74) is -0.619. The number of nitrogens with zero attached hydrogens (tertiary/aromatic N) is 3. The number of hydrogen-bond donors (Lipinski definition) is 0. The van der Waals surface area contributed by atoms with E-state index < -0.39 is 5.54 Å². The van der Waals surface area contributed by atoms with Crippen LogP contribution in [0.1, 0.15) is 13.3 Å². The second-order valence-electron chi connectivity index (χ2n) is 5.77. The summed E-state index contributed by atoms with van der Waals surface area (Å²) < 4.78 is 6.55. The zero-order valence-electron chi connectivity index (χ0n) is 12.5. The van der Waals surface area contributed by atoms with Crippen LogP contribution in [0.5, 0.6) is 0 Å². The summed E-state index contributed by atoms with van der Waals surface area (Å²) in [5.74, 6) is -0.111. The van der Waals surface area contributed by atoms with E-state index in [-0.39, 0.29) is 24.1 Å². The first-order chi connectivity index (χ1) is 10.6. The van der Waals surface area contributed by atoms with Crippen LogP contribution in [0.4, 0.5) is 4.79 Å². The van der Waals surface area contributed by atoms with E-state index >= 15 is 0 Å². The molecule has 0 bridgehead atoms. The minimum Gasteiger partial charge on any atom is -0.447 e. The lowest BCUT2D eigenvalue weighted by Gasteiger charge is -2.44. The largest absolute Gasteiger partial charge is 0.447 e. The minimum absolute atomic E-state index is 0.0221. The van der Waals surface area contributed by atoms with Gasteiger partial charge in [-0.1, -0.05) is 13.0 Å². The number of fused-ring (bicyclic) bond motifs is 1. The molecule has 0 aromatic carbocycles. The lowest BCUT2D eigenvalue weighted by atomic mass is 9.93. The molecular formula is C15H19N3O4. The maximum absolute atomic E-state index is 12.5. The highest BCUT2D eigenvalue weighted by Crippen LogP contribution is 2.31. The molecule has 7 heteroatoms. The van der Waals surface area contributed by atoms with Crippen LogP contribution in [-0.2, 0) is 16.1 Å². The molecule has 2 fully saturated rings. The summed E-state index contributed by atoms with van der Waals surface area (Å²) in [5, 5.41) is 0. The first-order valence-electron chi connectivity index (χ1n) is 7.43. The molecule has 0 saturated carbocycles. The summed E-state index contributed by atoms with van der Waals surface area (Å²) in [6.45, 7) is 3.73. The average molecular weight is 305 g/mol. The molecule has 3 heterocycles. The van der Waals surface area contributed by atoms with Gasteiger partial charge in [-0.3, -0.25) is 14.5 Å². The van der Waals surface area contributed by atoms with Gasteiger partial charge in [-0.15, -0.1) is 0 Å². The molecule has 2 saturated heterocycles. The van der Waals surface area contributed by atoms with E-state index in [0.717, 1.165) is 6.42 Å². The molecule has 1 unspecified atom stereocenters. The van der Waals surface area contributed by atoms with Crippen molar-refractivity contribution in [3.8, 4) is 0 Å². The lowest BCUT2D eigenvalue weighted by molar-refractivity contribution is -0.136. The highest BCUT2D eigenvalue weighted by molar-refractivity contribution is 5.77. The second-order valence-corrected chi connectivity index (χ2v) is 5.77. The van der Waals surface area contributed by atoms with Crippen molar-refractivity contribution in [2.24, 2.45) is 0 Å². The molecule has 7 nitrogen and oxygen atoms in total. The van der Waals surface area contributed by atoms with E-state index in [1.54, 1.807) is 28.1 Å². The molecule has 1 aromatic rings. The van der Waals surface area contributed by atoms with Crippen LogP contribution in [-0.4, -0.2) is 58.1 Å². The van der Waals surface area contributed by atoms with Crippen LogP contribution in [0.25, 0.3) is 0 Å². The predicted octanol–water partition coefficient (Wildman–Crippen LogP) is 0.291. The van der Waals surface area contributed by atoms with Gasteiger partial charge in [0, 0.05) is 31.9 Å². The Bertz CT molecular complexity index is 656. The quantitative estimate of drug-likeness (QED) is 0.805. The summed E-state index contributed by atoms with van der Waals surface area (Å²) in [6.07, 6.45) is 2.04. The van der Waals surface area contributed by atoms with E-state index in [1.807, 2.05) is 6.92 Å². The van der Waals surface area contributed by atoms with Gasteiger partial charge >= 0.3 is 6.09 Å². The molecule has 1 atom stereocenters. The number of rotatable bonds is 3. The van der Waals surface area contributed by atoms with Crippen molar-refractivity contribution in [1.29, 1.82) is 0 Å². The third-order valence-corrected chi connectivity index (χ3v) is 4.55. The number of cyclic esters (lactones) is 1. The molecule has 0 aliphatic carbocycles. The predicted molar refractivity (Wildman–Crippen MR) is 78.4 cm³/mol. The molecule has 1 aromatic heterocycles. The van der Waals surface area contributed by atoms with Gasteiger partial charge in [0.2, 0.25) is 5.91 Å². The zero-order chi connectivity index (χ0) is 15.7. The van der Waals surface area contributed by atoms with Crippen LogP contribution in [0.15, 0.2) is 29.2 Å². The Balaban J connectivity index is 1.74. The van der Waals surface area contributed by atoms with E-state index in [0.29, 0.717) is 26.2 Å². The van der Waals surface area contributed by atoms with Crippen molar-refractivity contribution < 1.29 is 14.3 Å². The van der Waals surface area contributed by atoms with E-state index in [2.05, 4.69) is 0 Å². The van der Waals surface area contributed by atoms with Gasteiger partial charge in [0.15, 0.2) is 0 Å². The monoisotopic (exact) mass is 305 g/mol. The minimum atomic E-state index is -0.424. The van der Waals surface area contributed by atoms with E-state index in [4.69, 9.17) is 4.74 Å². The van der Waals surface area contributed by atoms with E-state index in [9.17, 15) is 14.4 Å². The summed E-state index contributed by atoms with van der Waals surface area (Å²) in [7, 11) is 0. The zero-order valence-corrected chi connectivity index (χ0v) is 12.5. The number of pyridine rings is 1. The summed E-state index contributed by atoms with van der Waals surface area (Å²) in [4.78, 5) is 39.4. The fourth-order valence-electron chi connectivity index (χ4n) is 3.11. The fourth-order valence-corrected chi connectivity index (χ4v) is 3.11. The van der Waals surface area contributed by atoms with Crippen molar-refractivity contribution in [2.75, 3.05) is 26.2 Å². The standard InChI is InChI=1S/C15H19N3O4/c1-2-15-10-17(7-8-18(15)14(21)22-11-15)13(20)9-16-6-4-3-5-12(16)19/h3-6H,2,7-11H2,1H3. The first kappa shape index (κ1) is 14.6. The molecule has 0 spiro atoms. The highest BCUT2D eigenvalue weighted by Gasteiger charge is 2.50. The van der Waals surface area contributed by atoms with Gasteiger partial charge in [0.1, 0.15) is 13.2 Å². The number of piperazine rings is 1. The Morgan fingerprint density at radius 1 is 1.32 bits per heavy atom. The van der Waals surface area contributed by atoms with Gasteiger partial charge in [-0.05, 0) is 12.5 Å². The Morgan fingerprint density at radius 3 is 2.86 bits per heavy atom. The van der Waals surface area contributed by atoms with Crippen LogP contribution in [0.3, 0.4) is 0 Å². The van der Waals surface area contributed by atoms with Crippen molar-refractivity contribution in [3.63, 3.8) is 0 Å². The summed E-state index contributed by atoms with van der Waals surface area (Å²) in [6, 6.07) is 4.81. The molecule has 2 aliphatic heterocycles. The number of hydrogen-bond acceptors (Lipinski definition) is 4. The number of aromatic nitrogens is 1. The second kappa shape index (κ2) is 5.47. The van der Waals surface area contributed by atoms with Crippen molar-refractivity contribution >= 4 is 12.0 Å². The van der Waals surface area contributed by atoms with Crippen LogP contribution in [0, 0.1) is 0 Å². The van der Waals surface area contributed by atoms with Crippen molar-refractivity contribution in [1.82, 2.24) is 14.4 Å². The molecule has 2 amide bonds. The van der Waals surface area contributed by atoms with Crippen molar-refractivity contribution in [2.45, 2.75) is 25.4 Å².